The van der Waals surface area contributed by atoms with Crippen molar-refractivity contribution in [3.05, 3.63) is 30.1 Å². The topological polar surface area (TPSA) is 55.6 Å². The van der Waals surface area contributed by atoms with Crippen molar-refractivity contribution >= 4 is 11.6 Å². The molecule has 0 aromatic heterocycles. The van der Waals surface area contributed by atoms with Gasteiger partial charge in [-0.15, -0.1) is 0 Å². The van der Waals surface area contributed by atoms with Gasteiger partial charge in [-0.1, -0.05) is 0 Å². The summed E-state index contributed by atoms with van der Waals surface area (Å²) in [6.45, 7) is 1.62. The van der Waals surface area contributed by atoms with E-state index in [4.69, 9.17) is 10.5 Å². The number of carbonyl (C=O) groups is 1. The van der Waals surface area contributed by atoms with E-state index < -0.39 is 0 Å². The summed E-state index contributed by atoms with van der Waals surface area (Å²) in [5.74, 6) is -0.300. The molecule has 4 nitrogen and oxygen atoms in total. The highest BCUT2D eigenvalue weighted by Crippen LogP contribution is 2.16. The summed E-state index contributed by atoms with van der Waals surface area (Å²) >= 11 is 0. The number of methoxy groups -OCH3 is 1. The fourth-order valence-corrected chi connectivity index (χ4v) is 1.77. The molecule has 1 aromatic carbocycles. The highest BCUT2D eigenvalue weighted by molar-refractivity contribution is 5.93. The van der Waals surface area contributed by atoms with Gasteiger partial charge in [0.2, 0.25) is 5.91 Å². The van der Waals surface area contributed by atoms with E-state index in [0.717, 1.165) is 0 Å². The lowest BCUT2D eigenvalue weighted by Crippen LogP contribution is -2.33. The first kappa shape index (κ1) is 15.6. The first-order chi connectivity index (χ1) is 9.19. The molecule has 0 unspecified atom stereocenters. The van der Waals surface area contributed by atoms with E-state index in [-0.39, 0.29) is 11.7 Å². The molecular weight excluding hydrogens is 247 g/mol. The number of hydrogen-bond donors (Lipinski definition) is 1. The van der Waals surface area contributed by atoms with Crippen molar-refractivity contribution in [2.24, 2.45) is 5.73 Å². The molecule has 5 heteroatoms. The zero-order valence-corrected chi connectivity index (χ0v) is 11.3. The van der Waals surface area contributed by atoms with E-state index in [1.54, 1.807) is 24.1 Å². The number of hydrogen-bond acceptors (Lipinski definition) is 3. The maximum atomic E-state index is 12.9. The Morgan fingerprint density at radius 3 is 2.58 bits per heavy atom. The summed E-state index contributed by atoms with van der Waals surface area (Å²) in [7, 11) is 1.61. The normalized spacial score (nSPS) is 10.5. The summed E-state index contributed by atoms with van der Waals surface area (Å²) < 4.78 is 17.8. The molecule has 0 fully saturated rings. The van der Waals surface area contributed by atoms with E-state index in [2.05, 4.69) is 0 Å². The third-order valence-electron chi connectivity index (χ3n) is 2.76. The first-order valence-corrected chi connectivity index (χ1v) is 6.44. The number of rotatable bonds is 8. The van der Waals surface area contributed by atoms with Crippen LogP contribution in [0, 0.1) is 5.82 Å². The number of halogens is 1. The van der Waals surface area contributed by atoms with Crippen molar-refractivity contribution in [3.63, 3.8) is 0 Å². The zero-order valence-electron chi connectivity index (χ0n) is 11.3. The van der Waals surface area contributed by atoms with E-state index in [0.29, 0.717) is 44.6 Å². The molecule has 0 saturated carbocycles. The second kappa shape index (κ2) is 8.61. The molecule has 0 saturated heterocycles. The standard InChI is InChI=1S/C14H21FN2O2/c1-19-11-2-4-14(18)17(10-3-9-16)13-7-5-12(15)6-8-13/h5-8H,2-4,9-11,16H2,1H3. The highest BCUT2D eigenvalue weighted by atomic mass is 19.1. The Kier molecular flexibility index (Phi) is 7.07. The predicted molar refractivity (Wildman–Crippen MR) is 73.5 cm³/mol. The van der Waals surface area contributed by atoms with Crippen LogP contribution in [0.3, 0.4) is 0 Å². The number of carbonyl (C=O) groups excluding carboxylic acids is 1. The molecule has 0 spiro atoms. The molecule has 19 heavy (non-hydrogen) atoms. The molecule has 106 valence electrons. The number of nitrogens with zero attached hydrogens (tertiary/aromatic N) is 1. The lowest BCUT2D eigenvalue weighted by atomic mass is 10.2. The minimum Gasteiger partial charge on any atom is -0.385 e. The zero-order chi connectivity index (χ0) is 14.1. The van der Waals surface area contributed by atoms with Gasteiger partial charge in [0, 0.05) is 32.4 Å². The molecule has 1 rings (SSSR count). The Labute approximate surface area is 113 Å². The van der Waals surface area contributed by atoms with Crippen molar-refractivity contribution < 1.29 is 13.9 Å². The first-order valence-electron chi connectivity index (χ1n) is 6.44. The Morgan fingerprint density at radius 1 is 1.32 bits per heavy atom. The van der Waals surface area contributed by atoms with E-state index in [9.17, 15) is 9.18 Å². The van der Waals surface area contributed by atoms with Crippen LogP contribution in [-0.4, -0.2) is 32.7 Å². The van der Waals surface area contributed by atoms with Crippen molar-refractivity contribution in [1.29, 1.82) is 0 Å². The second-order valence-corrected chi connectivity index (χ2v) is 4.26. The van der Waals surface area contributed by atoms with Crippen LogP contribution in [0.4, 0.5) is 10.1 Å². The van der Waals surface area contributed by atoms with Crippen LogP contribution in [0.15, 0.2) is 24.3 Å². The number of anilines is 1. The van der Waals surface area contributed by atoms with Crippen LogP contribution in [0.1, 0.15) is 19.3 Å². The smallest absolute Gasteiger partial charge is 0.227 e. The Morgan fingerprint density at radius 2 is 2.00 bits per heavy atom. The Hall–Kier alpha value is -1.46. The summed E-state index contributed by atoms with van der Waals surface area (Å²) in [6.07, 6.45) is 1.80. The van der Waals surface area contributed by atoms with Crippen molar-refractivity contribution in [3.8, 4) is 0 Å². The average Bonchev–Trinajstić information content (AvgIpc) is 2.41. The Bertz CT molecular complexity index is 382. The van der Waals surface area contributed by atoms with Crippen molar-refractivity contribution in [2.75, 3.05) is 31.7 Å². The van der Waals surface area contributed by atoms with Gasteiger partial charge in [0.15, 0.2) is 0 Å². The van der Waals surface area contributed by atoms with Crippen LogP contribution < -0.4 is 10.6 Å². The lowest BCUT2D eigenvalue weighted by molar-refractivity contribution is -0.118. The van der Waals surface area contributed by atoms with Gasteiger partial charge in [0.1, 0.15) is 5.82 Å². The molecule has 1 aromatic rings. The molecule has 2 N–H and O–H groups in total. The van der Waals surface area contributed by atoms with E-state index >= 15 is 0 Å². The van der Waals surface area contributed by atoms with Crippen LogP contribution in [0.2, 0.25) is 0 Å². The van der Waals surface area contributed by atoms with Gasteiger partial charge in [0.05, 0.1) is 0 Å². The van der Waals surface area contributed by atoms with Gasteiger partial charge in [-0.3, -0.25) is 4.79 Å². The van der Waals surface area contributed by atoms with Crippen LogP contribution in [0.5, 0.6) is 0 Å². The molecule has 0 aliphatic carbocycles. The molecule has 0 radical (unpaired) electrons. The minimum absolute atomic E-state index is 0.0112. The van der Waals surface area contributed by atoms with Crippen molar-refractivity contribution in [2.45, 2.75) is 19.3 Å². The molecule has 0 aliphatic heterocycles. The van der Waals surface area contributed by atoms with E-state index in [1.165, 1.54) is 12.1 Å². The number of nitrogens with two attached hydrogens (primary N) is 1. The summed E-state index contributed by atoms with van der Waals surface area (Å²) in [6, 6.07) is 5.93. The van der Waals surface area contributed by atoms with Gasteiger partial charge in [0.25, 0.3) is 0 Å². The number of amides is 1. The SMILES string of the molecule is COCCCC(=O)N(CCCN)c1ccc(F)cc1. The maximum Gasteiger partial charge on any atom is 0.227 e. The van der Waals surface area contributed by atoms with Gasteiger partial charge >= 0.3 is 0 Å². The largest absolute Gasteiger partial charge is 0.385 e. The number of benzene rings is 1. The lowest BCUT2D eigenvalue weighted by Gasteiger charge is -2.22. The van der Waals surface area contributed by atoms with Crippen LogP contribution in [-0.2, 0) is 9.53 Å². The summed E-state index contributed by atoms with van der Waals surface area (Å²) in [5, 5.41) is 0. The average molecular weight is 268 g/mol. The van der Waals surface area contributed by atoms with Crippen LogP contribution >= 0.6 is 0 Å². The second-order valence-electron chi connectivity index (χ2n) is 4.26. The van der Waals surface area contributed by atoms with Gasteiger partial charge in [-0.25, -0.2) is 4.39 Å². The van der Waals surface area contributed by atoms with Gasteiger partial charge in [-0.2, -0.15) is 0 Å². The quantitative estimate of drug-likeness (QED) is 0.733. The maximum absolute atomic E-state index is 12.9. The molecule has 1 amide bonds. The van der Waals surface area contributed by atoms with Crippen LogP contribution in [0.25, 0.3) is 0 Å². The van der Waals surface area contributed by atoms with Gasteiger partial charge in [-0.05, 0) is 43.7 Å². The highest BCUT2D eigenvalue weighted by Gasteiger charge is 2.14. The summed E-state index contributed by atoms with van der Waals surface area (Å²) in [4.78, 5) is 13.8. The molecule has 0 heterocycles. The molecular formula is C14H21FN2O2. The third-order valence-corrected chi connectivity index (χ3v) is 2.76. The number of ether oxygens (including phenoxy) is 1. The van der Waals surface area contributed by atoms with Gasteiger partial charge < -0.3 is 15.4 Å². The minimum atomic E-state index is -0.311. The summed E-state index contributed by atoms with van der Waals surface area (Å²) in [5.41, 5.74) is 6.19. The third kappa shape index (κ3) is 5.36. The molecule has 0 bridgehead atoms. The molecule has 0 aliphatic rings. The predicted octanol–water partition coefficient (Wildman–Crippen LogP) is 1.93. The van der Waals surface area contributed by atoms with Crippen molar-refractivity contribution in [1.82, 2.24) is 0 Å². The Balaban J connectivity index is 2.70. The molecule has 0 atom stereocenters. The fraction of sp³-hybridized carbons (Fsp3) is 0.500. The fourth-order valence-electron chi connectivity index (χ4n) is 1.77. The van der Waals surface area contributed by atoms with E-state index in [1.807, 2.05) is 0 Å². The monoisotopic (exact) mass is 268 g/mol.